The molecule has 3 aromatic carbocycles. The second kappa shape index (κ2) is 7.56. The Balaban J connectivity index is 1.46. The number of ether oxygens (including phenoxy) is 1. The van der Waals surface area contributed by atoms with Crippen LogP contribution in [0.3, 0.4) is 0 Å². The van der Waals surface area contributed by atoms with Gasteiger partial charge in [-0.3, -0.25) is 4.90 Å². The average molecular weight is 367 g/mol. The van der Waals surface area contributed by atoms with E-state index in [-0.39, 0.29) is 0 Å². The molecule has 0 spiro atoms. The second-order valence-electron chi connectivity index (χ2n) is 6.71. The Labute approximate surface area is 159 Å². The molecule has 0 aromatic heterocycles. The number of halogens is 1. The van der Waals surface area contributed by atoms with E-state index in [0.29, 0.717) is 0 Å². The van der Waals surface area contributed by atoms with Gasteiger partial charge in [-0.15, -0.1) is 0 Å². The lowest BCUT2D eigenvalue weighted by atomic mass is 10.0. The molecule has 0 aliphatic carbocycles. The van der Waals surface area contributed by atoms with Crippen LogP contribution >= 0.6 is 11.6 Å². The first-order valence-electron chi connectivity index (χ1n) is 9.02. The Morgan fingerprint density at radius 2 is 1.54 bits per heavy atom. The summed E-state index contributed by atoms with van der Waals surface area (Å²) in [5, 5.41) is 3.26. The van der Waals surface area contributed by atoms with Crippen LogP contribution < -0.4 is 9.64 Å². The van der Waals surface area contributed by atoms with Crippen LogP contribution in [0.4, 0.5) is 5.69 Å². The van der Waals surface area contributed by atoms with Crippen molar-refractivity contribution in [2.45, 2.75) is 6.54 Å². The molecule has 3 aromatic rings. The molecule has 4 rings (SSSR count). The van der Waals surface area contributed by atoms with Gasteiger partial charge in [0.15, 0.2) is 0 Å². The number of nitrogens with zero attached hydrogens (tertiary/aromatic N) is 2. The molecule has 0 radical (unpaired) electrons. The summed E-state index contributed by atoms with van der Waals surface area (Å²) in [5.41, 5.74) is 2.62. The van der Waals surface area contributed by atoms with Crippen molar-refractivity contribution in [3.8, 4) is 5.75 Å². The summed E-state index contributed by atoms with van der Waals surface area (Å²) < 4.78 is 5.51. The standard InChI is InChI=1S/C22H23ClN2O/c1-26-22-11-6-17(20-4-2-3-5-21(20)22)16-24-12-14-25(15-13-24)19-9-7-18(23)8-10-19/h2-11H,12-16H2,1H3. The fourth-order valence-corrected chi connectivity index (χ4v) is 3.83. The van der Waals surface area contributed by atoms with Gasteiger partial charge in [-0.1, -0.05) is 41.9 Å². The first-order chi connectivity index (χ1) is 12.7. The number of benzene rings is 3. The van der Waals surface area contributed by atoms with Crippen molar-refractivity contribution in [1.29, 1.82) is 0 Å². The summed E-state index contributed by atoms with van der Waals surface area (Å²) in [6.07, 6.45) is 0. The predicted octanol–water partition coefficient (Wildman–Crippen LogP) is 4.82. The van der Waals surface area contributed by atoms with Crippen molar-refractivity contribution in [2.24, 2.45) is 0 Å². The van der Waals surface area contributed by atoms with E-state index in [1.54, 1.807) is 7.11 Å². The Kier molecular flexibility index (Phi) is 5.00. The fourth-order valence-electron chi connectivity index (χ4n) is 3.71. The molecule has 3 nitrogen and oxygen atoms in total. The maximum absolute atomic E-state index is 6.00. The number of hydrogen-bond acceptors (Lipinski definition) is 3. The van der Waals surface area contributed by atoms with Gasteiger partial charge in [0, 0.05) is 48.8 Å². The van der Waals surface area contributed by atoms with Crippen molar-refractivity contribution in [2.75, 3.05) is 38.2 Å². The Bertz CT molecular complexity index is 886. The normalized spacial score (nSPS) is 15.4. The molecule has 4 heteroatoms. The summed E-state index contributed by atoms with van der Waals surface area (Å²) in [5.74, 6) is 0.942. The van der Waals surface area contributed by atoms with Gasteiger partial charge in [0.25, 0.3) is 0 Å². The third-order valence-electron chi connectivity index (χ3n) is 5.15. The van der Waals surface area contributed by atoms with Gasteiger partial charge < -0.3 is 9.64 Å². The van der Waals surface area contributed by atoms with Crippen molar-refractivity contribution < 1.29 is 4.74 Å². The Hall–Kier alpha value is -2.23. The molecule has 0 amide bonds. The van der Waals surface area contributed by atoms with Gasteiger partial charge in [-0.25, -0.2) is 0 Å². The monoisotopic (exact) mass is 366 g/mol. The molecule has 1 heterocycles. The van der Waals surface area contributed by atoms with Gasteiger partial charge >= 0.3 is 0 Å². The summed E-state index contributed by atoms with van der Waals surface area (Å²) in [6.45, 7) is 5.16. The number of fused-ring (bicyclic) bond motifs is 1. The molecular formula is C22H23ClN2O. The van der Waals surface area contributed by atoms with E-state index in [1.165, 1.54) is 22.0 Å². The molecule has 134 valence electrons. The van der Waals surface area contributed by atoms with E-state index < -0.39 is 0 Å². The smallest absolute Gasteiger partial charge is 0.126 e. The lowest BCUT2D eigenvalue weighted by molar-refractivity contribution is 0.250. The van der Waals surface area contributed by atoms with E-state index in [2.05, 4.69) is 58.3 Å². The maximum atomic E-state index is 6.00. The maximum Gasteiger partial charge on any atom is 0.126 e. The van der Waals surface area contributed by atoms with Crippen LogP contribution in [0.15, 0.2) is 60.7 Å². The Morgan fingerprint density at radius 1 is 0.846 bits per heavy atom. The van der Waals surface area contributed by atoms with Crippen LogP contribution in [0.1, 0.15) is 5.56 Å². The number of rotatable bonds is 4. The SMILES string of the molecule is COc1ccc(CN2CCN(c3ccc(Cl)cc3)CC2)c2ccccc12. The zero-order valence-electron chi connectivity index (χ0n) is 15.0. The zero-order valence-corrected chi connectivity index (χ0v) is 15.7. The Morgan fingerprint density at radius 3 is 2.23 bits per heavy atom. The van der Waals surface area contributed by atoms with E-state index in [9.17, 15) is 0 Å². The first kappa shape index (κ1) is 17.2. The highest BCUT2D eigenvalue weighted by Crippen LogP contribution is 2.29. The number of methoxy groups -OCH3 is 1. The van der Waals surface area contributed by atoms with Gasteiger partial charge in [0.05, 0.1) is 7.11 Å². The molecule has 1 fully saturated rings. The highest BCUT2D eigenvalue weighted by atomic mass is 35.5. The first-order valence-corrected chi connectivity index (χ1v) is 9.40. The van der Waals surface area contributed by atoms with Crippen LogP contribution in [-0.4, -0.2) is 38.2 Å². The molecule has 0 unspecified atom stereocenters. The number of piperazine rings is 1. The van der Waals surface area contributed by atoms with Crippen LogP contribution in [0, 0.1) is 0 Å². The van der Waals surface area contributed by atoms with Crippen LogP contribution in [0.25, 0.3) is 10.8 Å². The lowest BCUT2D eigenvalue weighted by Crippen LogP contribution is -2.45. The van der Waals surface area contributed by atoms with E-state index >= 15 is 0 Å². The molecule has 0 bridgehead atoms. The minimum atomic E-state index is 0.791. The van der Waals surface area contributed by atoms with E-state index in [0.717, 1.165) is 43.5 Å². The summed E-state index contributed by atoms with van der Waals surface area (Å²) >= 11 is 6.00. The largest absolute Gasteiger partial charge is 0.496 e. The molecular weight excluding hydrogens is 344 g/mol. The summed E-state index contributed by atoms with van der Waals surface area (Å²) in [7, 11) is 1.73. The number of anilines is 1. The van der Waals surface area contributed by atoms with E-state index in [1.807, 2.05) is 12.1 Å². The predicted molar refractivity (Wildman–Crippen MR) is 109 cm³/mol. The molecule has 0 atom stereocenters. The van der Waals surface area contributed by atoms with Crippen LogP contribution in [0.2, 0.25) is 5.02 Å². The summed E-state index contributed by atoms with van der Waals surface area (Å²) in [6, 6.07) is 20.9. The molecule has 1 aliphatic heterocycles. The lowest BCUT2D eigenvalue weighted by Gasteiger charge is -2.36. The van der Waals surface area contributed by atoms with E-state index in [4.69, 9.17) is 16.3 Å². The van der Waals surface area contributed by atoms with Crippen molar-refractivity contribution in [3.63, 3.8) is 0 Å². The average Bonchev–Trinajstić information content (AvgIpc) is 2.69. The third-order valence-corrected chi connectivity index (χ3v) is 5.40. The topological polar surface area (TPSA) is 15.7 Å². The second-order valence-corrected chi connectivity index (χ2v) is 7.15. The van der Waals surface area contributed by atoms with Gasteiger partial charge in [-0.05, 0) is 41.3 Å². The molecule has 26 heavy (non-hydrogen) atoms. The molecule has 0 N–H and O–H groups in total. The minimum absolute atomic E-state index is 0.791. The quantitative estimate of drug-likeness (QED) is 0.658. The van der Waals surface area contributed by atoms with Crippen LogP contribution in [-0.2, 0) is 6.54 Å². The minimum Gasteiger partial charge on any atom is -0.496 e. The summed E-state index contributed by atoms with van der Waals surface area (Å²) in [4.78, 5) is 4.96. The third kappa shape index (κ3) is 3.50. The van der Waals surface area contributed by atoms with Gasteiger partial charge in [0.2, 0.25) is 0 Å². The number of hydrogen-bond donors (Lipinski definition) is 0. The van der Waals surface area contributed by atoms with Gasteiger partial charge in [-0.2, -0.15) is 0 Å². The van der Waals surface area contributed by atoms with Gasteiger partial charge in [0.1, 0.15) is 5.75 Å². The highest BCUT2D eigenvalue weighted by Gasteiger charge is 2.18. The fraction of sp³-hybridized carbons (Fsp3) is 0.273. The molecule has 1 aliphatic rings. The van der Waals surface area contributed by atoms with Crippen molar-refractivity contribution in [1.82, 2.24) is 4.90 Å². The van der Waals surface area contributed by atoms with Crippen molar-refractivity contribution >= 4 is 28.1 Å². The van der Waals surface area contributed by atoms with Crippen LogP contribution in [0.5, 0.6) is 5.75 Å². The molecule has 1 saturated heterocycles. The highest BCUT2D eigenvalue weighted by molar-refractivity contribution is 6.30. The molecule has 0 saturated carbocycles. The zero-order chi connectivity index (χ0) is 17.9. The van der Waals surface area contributed by atoms with Crippen molar-refractivity contribution in [3.05, 3.63) is 71.2 Å².